The predicted molar refractivity (Wildman–Crippen MR) is 84.3 cm³/mol. The number of hydrogen-bond donors (Lipinski definition) is 1. The Hall–Kier alpha value is -0.110. The summed E-state index contributed by atoms with van der Waals surface area (Å²) in [4.78, 5) is 0. The molecular weight excluding hydrogens is 237 g/mol. The van der Waals surface area contributed by atoms with E-state index in [4.69, 9.17) is 0 Å². The SMILES string of the molecule is CC.CC1CCC(C)C(F)C1.CC1CCC(C)NC1. The van der Waals surface area contributed by atoms with Crippen LogP contribution in [-0.4, -0.2) is 18.8 Å². The average molecular weight is 273 g/mol. The van der Waals surface area contributed by atoms with Crippen LogP contribution in [0.3, 0.4) is 0 Å². The third kappa shape index (κ3) is 8.62. The predicted octanol–water partition coefficient (Wildman–Crippen LogP) is 5.20. The fraction of sp³-hybridized carbons (Fsp3) is 1.00. The molecule has 1 nitrogen and oxygen atoms in total. The third-order valence-electron chi connectivity index (χ3n) is 4.27. The molecule has 0 aromatic rings. The van der Waals surface area contributed by atoms with Crippen LogP contribution >= 0.6 is 0 Å². The van der Waals surface area contributed by atoms with Gasteiger partial charge < -0.3 is 5.32 Å². The van der Waals surface area contributed by atoms with Gasteiger partial charge in [0.15, 0.2) is 0 Å². The Morgan fingerprint density at radius 2 is 1.42 bits per heavy atom. The lowest BCUT2D eigenvalue weighted by molar-refractivity contribution is 0.145. The van der Waals surface area contributed by atoms with E-state index in [9.17, 15) is 4.39 Å². The summed E-state index contributed by atoms with van der Waals surface area (Å²) >= 11 is 0. The van der Waals surface area contributed by atoms with Gasteiger partial charge in [-0.1, -0.05) is 41.0 Å². The fourth-order valence-corrected chi connectivity index (χ4v) is 2.60. The molecule has 2 heteroatoms. The van der Waals surface area contributed by atoms with Gasteiger partial charge in [0.2, 0.25) is 0 Å². The van der Waals surface area contributed by atoms with Crippen molar-refractivity contribution in [2.45, 2.75) is 85.9 Å². The summed E-state index contributed by atoms with van der Waals surface area (Å²) < 4.78 is 12.8. The maximum atomic E-state index is 12.8. The van der Waals surface area contributed by atoms with Crippen molar-refractivity contribution in [3.63, 3.8) is 0 Å². The first-order chi connectivity index (χ1) is 8.99. The Labute approximate surface area is 120 Å². The molecule has 2 aliphatic rings. The molecule has 2 fully saturated rings. The summed E-state index contributed by atoms with van der Waals surface area (Å²) in [6, 6.07) is 0.770. The number of alkyl halides is 1. The highest BCUT2D eigenvalue weighted by atomic mass is 19.1. The molecule has 116 valence electrons. The highest BCUT2D eigenvalue weighted by Crippen LogP contribution is 2.30. The van der Waals surface area contributed by atoms with E-state index in [0.29, 0.717) is 11.8 Å². The topological polar surface area (TPSA) is 12.0 Å². The van der Waals surface area contributed by atoms with Gasteiger partial charge in [-0.15, -0.1) is 0 Å². The maximum Gasteiger partial charge on any atom is 0.103 e. The smallest absolute Gasteiger partial charge is 0.103 e. The van der Waals surface area contributed by atoms with Crippen LogP contribution in [-0.2, 0) is 0 Å². The van der Waals surface area contributed by atoms with E-state index in [2.05, 4.69) is 26.1 Å². The molecule has 0 aromatic carbocycles. The minimum atomic E-state index is -0.520. The molecule has 0 radical (unpaired) electrons. The number of nitrogens with one attached hydrogen (secondary N) is 1. The summed E-state index contributed by atoms with van der Waals surface area (Å²) in [5.74, 6) is 1.85. The van der Waals surface area contributed by atoms with E-state index in [1.165, 1.54) is 25.8 Å². The number of piperidine rings is 1. The lowest BCUT2D eigenvalue weighted by atomic mass is 9.83. The zero-order chi connectivity index (χ0) is 14.8. The average Bonchev–Trinajstić information content (AvgIpc) is 2.41. The van der Waals surface area contributed by atoms with E-state index in [-0.39, 0.29) is 0 Å². The van der Waals surface area contributed by atoms with Crippen LogP contribution < -0.4 is 5.32 Å². The maximum absolute atomic E-state index is 12.8. The van der Waals surface area contributed by atoms with Crippen molar-refractivity contribution in [2.75, 3.05) is 6.54 Å². The Balaban J connectivity index is 0.000000303. The molecular formula is C17H36FN. The molecule has 1 aliphatic heterocycles. The molecule has 1 heterocycles. The van der Waals surface area contributed by atoms with Crippen molar-refractivity contribution >= 4 is 0 Å². The van der Waals surface area contributed by atoms with Gasteiger partial charge in [0.1, 0.15) is 6.17 Å². The van der Waals surface area contributed by atoms with Gasteiger partial charge >= 0.3 is 0 Å². The Bertz CT molecular complexity index is 189. The van der Waals surface area contributed by atoms with Crippen LogP contribution in [0.2, 0.25) is 0 Å². The first kappa shape index (κ1) is 18.9. The third-order valence-corrected chi connectivity index (χ3v) is 4.27. The highest BCUT2D eigenvalue weighted by Gasteiger charge is 2.24. The lowest BCUT2D eigenvalue weighted by Crippen LogP contribution is -2.35. The van der Waals surface area contributed by atoms with Crippen molar-refractivity contribution in [1.29, 1.82) is 0 Å². The standard InChI is InChI=1S/C8H15F.C7H15N.C2H6/c1-6-3-4-7(2)8(9)5-6;1-6-3-4-7(2)8-5-6;1-2/h6-8H,3-5H2,1-2H3;6-8H,3-5H2,1-2H3;1-2H3. The molecule has 0 spiro atoms. The van der Waals surface area contributed by atoms with E-state index in [1.54, 1.807) is 0 Å². The molecule has 0 bridgehead atoms. The second kappa shape index (κ2) is 10.7. The lowest BCUT2D eigenvalue weighted by Gasteiger charge is -2.26. The summed E-state index contributed by atoms with van der Waals surface area (Å²) in [6.45, 7) is 13.9. The van der Waals surface area contributed by atoms with Crippen molar-refractivity contribution in [3.8, 4) is 0 Å². The van der Waals surface area contributed by atoms with Gasteiger partial charge in [-0.25, -0.2) is 4.39 Å². The first-order valence-electron chi connectivity index (χ1n) is 8.36. The Morgan fingerprint density at radius 3 is 1.79 bits per heavy atom. The zero-order valence-electron chi connectivity index (χ0n) is 14.0. The van der Waals surface area contributed by atoms with E-state index in [1.807, 2.05) is 20.8 Å². The highest BCUT2D eigenvalue weighted by molar-refractivity contribution is 4.74. The summed E-state index contributed by atoms with van der Waals surface area (Å²) in [7, 11) is 0. The van der Waals surface area contributed by atoms with E-state index in [0.717, 1.165) is 24.8 Å². The zero-order valence-corrected chi connectivity index (χ0v) is 14.0. The molecule has 0 aromatic heterocycles. The first-order valence-corrected chi connectivity index (χ1v) is 8.36. The fourth-order valence-electron chi connectivity index (χ4n) is 2.60. The van der Waals surface area contributed by atoms with Crippen LogP contribution in [0.5, 0.6) is 0 Å². The molecule has 1 saturated carbocycles. The summed E-state index contributed by atoms with van der Waals surface area (Å²) in [5.41, 5.74) is 0. The van der Waals surface area contributed by atoms with Gasteiger partial charge in [0.05, 0.1) is 0 Å². The van der Waals surface area contributed by atoms with Gasteiger partial charge in [0.25, 0.3) is 0 Å². The number of hydrogen-bond acceptors (Lipinski definition) is 1. The van der Waals surface area contributed by atoms with Crippen LogP contribution in [0.4, 0.5) is 4.39 Å². The Kier molecular flexibility index (Phi) is 10.6. The van der Waals surface area contributed by atoms with Crippen molar-refractivity contribution in [3.05, 3.63) is 0 Å². The largest absolute Gasteiger partial charge is 0.314 e. The van der Waals surface area contributed by atoms with Crippen LogP contribution in [0.25, 0.3) is 0 Å². The molecule has 1 N–H and O–H groups in total. The van der Waals surface area contributed by atoms with Crippen molar-refractivity contribution in [2.24, 2.45) is 17.8 Å². The normalized spacial score (nSPS) is 38.4. The second-order valence-electron chi connectivity index (χ2n) is 6.40. The molecule has 5 atom stereocenters. The molecule has 1 saturated heterocycles. The van der Waals surface area contributed by atoms with Gasteiger partial charge in [-0.2, -0.15) is 0 Å². The summed E-state index contributed by atoms with van der Waals surface area (Å²) in [5, 5.41) is 3.43. The number of halogens is 1. The molecule has 19 heavy (non-hydrogen) atoms. The minimum absolute atomic E-state index is 0.321. The monoisotopic (exact) mass is 273 g/mol. The minimum Gasteiger partial charge on any atom is -0.314 e. The second-order valence-corrected chi connectivity index (χ2v) is 6.40. The van der Waals surface area contributed by atoms with Crippen molar-refractivity contribution < 1.29 is 4.39 Å². The summed E-state index contributed by atoms with van der Waals surface area (Å²) in [6.07, 6.45) is 5.36. The molecule has 5 unspecified atom stereocenters. The van der Waals surface area contributed by atoms with Gasteiger partial charge in [-0.3, -0.25) is 0 Å². The van der Waals surface area contributed by atoms with Gasteiger partial charge in [-0.05, 0) is 56.9 Å². The van der Waals surface area contributed by atoms with E-state index >= 15 is 0 Å². The van der Waals surface area contributed by atoms with Crippen LogP contribution in [0.1, 0.15) is 73.6 Å². The number of rotatable bonds is 0. The molecule has 0 amide bonds. The quantitative estimate of drug-likeness (QED) is 0.639. The molecule has 1 aliphatic carbocycles. The van der Waals surface area contributed by atoms with Crippen molar-refractivity contribution in [1.82, 2.24) is 5.32 Å². The van der Waals surface area contributed by atoms with Gasteiger partial charge in [0, 0.05) is 6.04 Å². The van der Waals surface area contributed by atoms with E-state index < -0.39 is 6.17 Å². The molecule has 2 rings (SSSR count). The van der Waals surface area contributed by atoms with Crippen LogP contribution in [0.15, 0.2) is 0 Å². The Morgan fingerprint density at radius 1 is 0.842 bits per heavy atom. The van der Waals surface area contributed by atoms with Crippen LogP contribution in [0, 0.1) is 17.8 Å².